The van der Waals surface area contributed by atoms with Gasteiger partial charge in [0.25, 0.3) is 0 Å². The second-order valence-corrected chi connectivity index (χ2v) is 6.80. The summed E-state index contributed by atoms with van der Waals surface area (Å²) < 4.78 is 5.65. The molecule has 1 rings (SSSR count). The molecule has 24 heavy (non-hydrogen) atoms. The minimum absolute atomic E-state index is 0.00293. The lowest BCUT2D eigenvalue weighted by Crippen LogP contribution is -2.33. The molecule has 6 nitrogen and oxygen atoms in total. The highest BCUT2D eigenvalue weighted by atomic mass is 16.5. The Bertz CT molecular complexity index is 531. The second kappa shape index (κ2) is 9.01. The van der Waals surface area contributed by atoms with Gasteiger partial charge in [0, 0.05) is 24.1 Å². The van der Waals surface area contributed by atoms with Crippen LogP contribution in [0.5, 0.6) is 5.75 Å². The molecule has 136 valence electrons. The van der Waals surface area contributed by atoms with Crippen LogP contribution in [0, 0.1) is 19.3 Å². The number of anilines is 1. The molecule has 1 amide bonds. The normalized spacial score (nSPS) is 11.7. The maximum atomic E-state index is 12.2. The fourth-order valence-electron chi connectivity index (χ4n) is 2.30. The molecule has 0 heterocycles. The molecule has 0 aliphatic carbocycles. The third kappa shape index (κ3) is 6.11. The Kier molecular flexibility index (Phi) is 7.66. The van der Waals surface area contributed by atoms with Crippen LogP contribution in [0.15, 0.2) is 12.1 Å². The smallest absolute Gasteiger partial charge is 0.225 e. The minimum atomic E-state index is -1.56. The SMILES string of the molecule is Cc1cc(OCCCCO)cc(C)c1NC(=O)CC(C)(C)C(O)O. The van der Waals surface area contributed by atoms with E-state index < -0.39 is 11.7 Å². The highest BCUT2D eigenvalue weighted by Crippen LogP contribution is 2.29. The predicted molar refractivity (Wildman–Crippen MR) is 93.0 cm³/mol. The summed E-state index contributed by atoms with van der Waals surface area (Å²) in [6.07, 6.45) is -0.0622. The lowest BCUT2D eigenvalue weighted by atomic mass is 9.88. The van der Waals surface area contributed by atoms with Crippen molar-refractivity contribution in [3.63, 3.8) is 0 Å². The van der Waals surface area contributed by atoms with Gasteiger partial charge in [-0.3, -0.25) is 4.79 Å². The number of unbranched alkanes of at least 4 members (excludes halogenated alkanes) is 1. The van der Waals surface area contributed by atoms with Crippen LogP contribution in [0.3, 0.4) is 0 Å². The first-order valence-corrected chi connectivity index (χ1v) is 8.18. The molecule has 1 aromatic carbocycles. The third-order valence-electron chi connectivity index (χ3n) is 3.91. The van der Waals surface area contributed by atoms with Gasteiger partial charge in [-0.2, -0.15) is 0 Å². The van der Waals surface area contributed by atoms with Crippen molar-refractivity contribution in [1.82, 2.24) is 0 Å². The van der Waals surface area contributed by atoms with E-state index in [0.29, 0.717) is 18.7 Å². The van der Waals surface area contributed by atoms with Crippen LogP contribution in [0.2, 0.25) is 0 Å². The molecule has 0 radical (unpaired) electrons. The summed E-state index contributed by atoms with van der Waals surface area (Å²) in [5.41, 5.74) is 1.55. The predicted octanol–water partition coefficient (Wildman–Crippen LogP) is 2.12. The van der Waals surface area contributed by atoms with E-state index >= 15 is 0 Å². The van der Waals surface area contributed by atoms with Crippen LogP contribution >= 0.6 is 0 Å². The van der Waals surface area contributed by atoms with Crippen molar-refractivity contribution in [1.29, 1.82) is 0 Å². The summed E-state index contributed by atoms with van der Waals surface area (Å²) in [5, 5.41) is 30.2. The number of aryl methyl sites for hydroxylation is 2. The molecular formula is C18H29NO5. The molecule has 0 bridgehead atoms. The molecule has 0 aromatic heterocycles. The van der Waals surface area contributed by atoms with E-state index in [2.05, 4.69) is 5.32 Å². The van der Waals surface area contributed by atoms with Crippen LogP contribution in [0.25, 0.3) is 0 Å². The van der Waals surface area contributed by atoms with Gasteiger partial charge < -0.3 is 25.4 Å². The monoisotopic (exact) mass is 339 g/mol. The number of carbonyl (C=O) groups excluding carboxylic acids is 1. The first-order valence-electron chi connectivity index (χ1n) is 8.18. The van der Waals surface area contributed by atoms with E-state index in [1.54, 1.807) is 13.8 Å². The van der Waals surface area contributed by atoms with Crippen molar-refractivity contribution in [2.45, 2.75) is 53.2 Å². The van der Waals surface area contributed by atoms with Gasteiger partial charge in [-0.25, -0.2) is 0 Å². The Hall–Kier alpha value is -1.63. The van der Waals surface area contributed by atoms with Crippen molar-refractivity contribution in [2.24, 2.45) is 5.41 Å². The quantitative estimate of drug-likeness (QED) is 0.408. The summed E-state index contributed by atoms with van der Waals surface area (Å²) in [7, 11) is 0. The van der Waals surface area contributed by atoms with E-state index in [4.69, 9.17) is 9.84 Å². The number of aliphatic hydroxyl groups excluding tert-OH is 2. The zero-order valence-electron chi connectivity index (χ0n) is 14.9. The lowest BCUT2D eigenvalue weighted by Gasteiger charge is -2.26. The van der Waals surface area contributed by atoms with Crippen molar-refractivity contribution in [2.75, 3.05) is 18.5 Å². The number of amides is 1. The summed E-state index contributed by atoms with van der Waals surface area (Å²) >= 11 is 0. The van der Waals surface area contributed by atoms with Crippen molar-refractivity contribution in [3.05, 3.63) is 23.3 Å². The van der Waals surface area contributed by atoms with Gasteiger partial charge in [-0.1, -0.05) is 13.8 Å². The van der Waals surface area contributed by atoms with Gasteiger partial charge in [-0.15, -0.1) is 0 Å². The van der Waals surface area contributed by atoms with Crippen LogP contribution in [-0.4, -0.2) is 40.7 Å². The maximum absolute atomic E-state index is 12.2. The molecule has 4 N–H and O–H groups in total. The van der Waals surface area contributed by atoms with Gasteiger partial charge >= 0.3 is 0 Å². The van der Waals surface area contributed by atoms with E-state index in [1.165, 1.54) is 0 Å². The molecule has 0 unspecified atom stereocenters. The molecule has 0 saturated heterocycles. The first-order chi connectivity index (χ1) is 11.2. The van der Waals surface area contributed by atoms with Crippen LogP contribution in [0.1, 0.15) is 44.2 Å². The molecule has 1 aromatic rings. The molecule has 0 fully saturated rings. The van der Waals surface area contributed by atoms with Gasteiger partial charge in [-0.05, 0) is 49.9 Å². The molecule has 0 atom stereocenters. The number of carbonyl (C=O) groups is 1. The molecule has 0 saturated carbocycles. The average molecular weight is 339 g/mol. The van der Waals surface area contributed by atoms with Gasteiger partial charge in [0.2, 0.25) is 5.91 Å². The highest BCUT2D eigenvalue weighted by molar-refractivity contribution is 5.92. The Morgan fingerprint density at radius 2 is 1.79 bits per heavy atom. The highest BCUT2D eigenvalue weighted by Gasteiger charge is 2.29. The minimum Gasteiger partial charge on any atom is -0.494 e. The summed E-state index contributed by atoms with van der Waals surface area (Å²) in [6, 6.07) is 3.71. The molecule has 0 aliphatic rings. The van der Waals surface area contributed by atoms with E-state index in [1.807, 2.05) is 26.0 Å². The lowest BCUT2D eigenvalue weighted by molar-refractivity contribution is -0.139. The second-order valence-electron chi connectivity index (χ2n) is 6.80. The topological polar surface area (TPSA) is 99.0 Å². The zero-order chi connectivity index (χ0) is 18.3. The van der Waals surface area contributed by atoms with Crippen LogP contribution in [-0.2, 0) is 4.79 Å². The Morgan fingerprint density at radius 3 is 2.29 bits per heavy atom. The molecule has 0 aliphatic heterocycles. The molecule has 0 spiro atoms. The zero-order valence-corrected chi connectivity index (χ0v) is 14.9. The van der Waals surface area contributed by atoms with Gasteiger partial charge in [0.15, 0.2) is 6.29 Å². The number of hydrogen-bond acceptors (Lipinski definition) is 5. The standard InChI is InChI=1S/C18H29NO5/c1-12-9-14(24-8-6-5-7-20)10-13(2)16(12)19-15(21)11-18(3,4)17(22)23/h9-10,17,20,22-23H,5-8,11H2,1-4H3,(H,19,21). The maximum Gasteiger partial charge on any atom is 0.225 e. The average Bonchev–Trinajstić information content (AvgIpc) is 2.47. The number of nitrogens with one attached hydrogen (secondary N) is 1. The number of ether oxygens (including phenoxy) is 1. The van der Waals surface area contributed by atoms with Crippen LogP contribution in [0.4, 0.5) is 5.69 Å². The summed E-state index contributed by atoms with van der Waals surface area (Å²) in [6.45, 7) is 7.71. The number of rotatable bonds is 9. The van der Waals surface area contributed by atoms with Gasteiger partial charge in [0.1, 0.15) is 5.75 Å². The summed E-state index contributed by atoms with van der Waals surface area (Å²) in [5.74, 6) is 0.461. The van der Waals surface area contributed by atoms with Crippen molar-refractivity contribution < 1.29 is 24.9 Å². The van der Waals surface area contributed by atoms with Gasteiger partial charge in [0.05, 0.1) is 6.61 Å². The number of aliphatic hydroxyl groups is 3. The third-order valence-corrected chi connectivity index (χ3v) is 3.91. The van der Waals surface area contributed by atoms with Crippen molar-refractivity contribution >= 4 is 11.6 Å². The largest absolute Gasteiger partial charge is 0.494 e. The van der Waals surface area contributed by atoms with Crippen LogP contribution < -0.4 is 10.1 Å². The Labute approximate surface area is 143 Å². The Balaban J connectivity index is 2.74. The number of hydrogen-bond donors (Lipinski definition) is 4. The van der Waals surface area contributed by atoms with E-state index in [9.17, 15) is 15.0 Å². The molecule has 6 heteroatoms. The summed E-state index contributed by atoms with van der Waals surface area (Å²) in [4.78, 5) is 12.2. The first kappa shape index (κ1) is 20.4. The van der Waals surface area contributed by atoms with Crippen molar-refractivity contribution in [3.8, 4) is 5.75 Å². The number of benzene rings is 1. The Morgan fingerprint density at radius 1 is 1.21 bits per heavy atom. The fourth-order valence-corrected chi connectivity index (χ4v) is 2.30. The van der Waals surface area contributed by atoms with E-state index in [-0.39, 0.29) is 18.9 Å². The molecular weight excluding hydrogens is 310 g/mol. The fraction of sp³-hybridized carbons (Fsp3) is 0.611. The van der Waals surface area contributed by atoms with E-state index in [0.717, 1.165) is 23.3 Å².